The highest BCUT2D eigenvalue weighted by Gasteiger charge is 2.30. The maximum absolute atomic E-state index is 12.5. The van der Waals surface area contributed by atoms with Crippen LogP contribution in [0.1, 0.15) is 16.1 Å². The molecule has 5 nitrogen and oxygen atoms in total. The zero-order chi connectivity index (χ0) is 17.2. The van der Waals surface area contributed by atoms with E-state index in [9.17, 15) is 18.0 Å². The van der Waals surface area contributed by atoms with Crippen molar-refractivity contribution in [2.45, 2.75) is 6.18 Å². The number of nitrogens with one attached hydrogen (secondary N) is 1. The van der Waals surface area contributed by atoms with Crippen molar-refractivity contribution in [3.8, 4) is 10.7 Å². The molecule has 0 bridgehead atoms. The number of hydrogen-bond acceptors (Lipinski definition) is 5. The standard InChI is InChI=1S/C15H9F3N4OS/c16-15(17,18)9-1-3-10(4-2-9)21-13(23)12-8-24-14(22-12)11-7-19-5-6-20-11/h1-8H,(H,21,23). The number of thiazole rings is 1. The average Bonchev–Trinajstić information content (AvgIpc) is 3.05. The van der Waals surface area contributed by atoms with Gasteiger partial charge in [0.1, 0.15) is 16.4 Å². The molecule has 3 rings (SSSR count). The van der Waals surface area contributed by atoms with Crippen LogP contribution in [-0.4, -0.2) is 20.9 Å². The second kappa shape index (κ2) is 6.36. The summed E-state index contributed by atoms with van der Waals surface area (Å²) in [5, 5.41) is 4.58. The van der Waals surface area contributed by atoms with E-state index in [4.69, 9.17) is 0 Å². The summed E-state index contributed by atoms with van der Waals surface area (Å²) in [6, 6.07) is 4.19. The van der Waals surface area contributed by atoms with Crippen LogP contribution in [0, 0.1) is 0 Å². The van der Waals surface area contributed by atoms with Crippen LogP contribution in [0.15, 0.2) is 48.2 Å². The zero-order valence-corrected chi connectivity index (χ0v) is 12.7. The quantitative estimate of drug-likeness (QED) is 0.779. The molecule has 0 aliphatic rings. The summed E-state index contributed by atoms with van der Waals surface area (Å²) < 4.78 is 37.5. The molecular weight excluding hydrogens is 341 g/mol. The predicted octanol–water partition coefficient (Wildman–Crippen LogP) is 3.87. The predicted molar refractivity (Wildman–Crippen MR) is 82.5 cm³/mol. The first-order valence-electron chi connectivity index (χ1n) is 6.64. The minimum Gasteiger partial charge on any atom is -0.321 e. The van der Waals surface area contributed by atoms with Crippen molar-refractivity contribution in [1.29, 1.82) is 0 Å². The number of carbonyl (C=O) groups is 1. The van der Waals surface area contributed by atoms with Gasteiger partial charge in [-0.1, -0.05) is 0 Å². The number of anilines is 1. The maximum Gasteiger partial charge on any atom is 0.416 e. The Morgan fingerprint density at radius 1 is 1.12 bits per heavy atom. The lowest BCUT2D eigenvalue weighted by Crippen LogP contribution is -2.12. The Bertz CT molecular complexity index is 847. The van der Waals surface area contributed by atoms with Gasteiger partial charge in [-0.3, -0.25) is 14.8 Å². The molecule has 3 aromatic rings. The third-order valence-corrected chi connectivity index (χ3v) is 3.85. The summed E-state index contributed by atoms with van der Waals surface area (Å²) in [6.07, 6.45) is 0.146. The number of amides is 1. The van der Waals surface area contributed by atoms with E-state index in [1.807, 2.05) is 0 Å². The lowest BCUT2D eigenvalue weighted by molar-refractivity contribution is -0.137. The number of rotatable bonds is 3. The van der Waals surface area contributed by atoms with Crippen molar-refractivity contribution in [1.82, 2.24) is 15.0 Å². The van der Waals surface area contributed by atoms with Crippen molar-refractivity contribution >= 4 is 22.9 Å². The first-order chi connectivity index (χ1) is 11.4. The minimum absolute atomic E-state index is 0.153. The molecule has 0 atom stereocenters. The highest BCUT2D eigenvalue weighted by molar-refractivity contribution is 7.13. The number of aromatic nitrogens is 3. The number of nitrogens with zero attached hydrogens (tertiary/aromatic N) is 3. The van der Waals surface area contributed by atoms with Gasteiger partial charge >= 0.3 is 6.18 Å². The van der Waals surface area contributed by atoms with Gasteiger partial charge in [-0.2, -0.15) is 13.2 Å². The van der Waals surface area contributed by atoms with Crippen molar-refractivity contribution in [3.63, 3.8) is 0 Å². The number of hydrogen-bond donors (Lipinski definition) is 1. The molecule has 24 heavy (non-hydrogen) atoms. The minimum atomic E-state index is -4.41. The summed E-state index contributed by atoms with van der Waals surface area (Å²) in [6.45, 7) is 0. The lowest BCUT2D eigenvalue weighted by atomic mass is 10.2. The average molecular weight is 350 g/mol. The third-order valence-electron chi connectivity index (χ3n) is 2.99. The summed E-state index contributed by atoms with van der Waals surface area (Å²) >= 11 is 1.22. The molecule has 2 aromatic heterocycles. The Kier molecular flexibility index (Phi) is 4.26. The van der Waals surface area contributed by atoms with Gasteiger partial charge in [-0.05, 0) is 24.3 Å². The monoisotopic (exact) mass is 350 g/mol. The van der Waals surface area contributed by atoms with Crippen LogP contribution >= 0.6 is 11.3 Å². The molecule has 1 amide bonds. The Labute approximate surface area is 138 Å². The maximum atomic E-state index is 12.5. The summed E-state index contributed by atoms with van der Waals surface area (Å²) in [7, 11) is 0. The molecule has 0 aliphatic heterocycles. The number of carbonyl (C=O) groups excluding carboxylic acids is 1. The van der Waals surface area contributed by atoms with Crippen LogP contribution in [0.5, 0.6) is 0 Å². The van der Waals surface area contributed by atoms with Gasteiger partial charge in [0.15, 0.2) is 0 Å². The summed E-state index contributed by atoms with van der Waals surface area (Å²) in [5.41, 5.74) is 0.165. The molecule has 0 spiro atoms. The molecule has 2 heterocycles. The highest BCUT2D eigenvalue weighted by atomic mass is 32.1. The zero-order valence-electron chi connectivity index (χ0n) is 11.9. The molecule has 0 fully saturated rings. The van der Waals surface area contributed by atoms with Crippen LogP contribution < -0.4 is 5.32 Å². The first-order valence-corrected chi connectivity index (χ1v) is 7.52. The Morgan fingerprint density at radius 2 is 1.88 bits per heavy atom. The number of alkyl halides is 3. The molecular formula is C15H9F3N4OS. The second-order valence-electron chi connectivity index (χ2n) is 4.66. The fourth-order valence-electron chi connectivity index (χ4n) is 1.84. The third kappa shape index (κ3) is 3.57. The van der Waals surface area contributed by atoms with Gasteiger partial charge in [0, 0.05) is 23.5 Å². The molecule has 1 N–H and O–H groups in total. The van der Waals surface area contributed by atoms with Gasteiger partial charge in [0.2, 0.25) is 0 Å². The second-order valence-corrected chi connectivity index (χ2v) is 5.52. The van der Waals surface area contributed by atoms with Crippen LogP contribution in [0.25, 0.3) is 10.7 Å². The molecule has 0 aliphatic carbocycles. The topological polar surface area (TPSA) is 67.8 Å². The Morgan fingerprint density at radius 3 is 2.50 bits per heavy atom. The molecule has 0 radical (unpaired) electrons. The van der Waals surface area contributed by atoms with Crippen molar-refractivity contribution in [3.05, 3.63) is 59.5 Å². The molecule has 9 heteroatoms. The van der Waals surface area contributed by atoms with Crippen molar-refractivity contribution in [2.75, 3.05) is 5.32 Å². The largest absolute Gasteiger partial charge is 0.416 e. The fourth-order valence-corrected chi connectivity index (χ4v) is 2.60. The van der Waals surface area contributed by atoms with E-state index in [0.29, 0.717) is 10.7 Å². The molecule has 0 saturated heterocycles. The first kappa shape index (κ1) is 16.1. The number of halogens is 3. The molecule has 1 aromatic carbocycles. The lowest BCUT2D eigenvalue weighted by Gasteiger charge is -2.08. The van der Waals surface area contributed by atoms with Gasteiger partial charge in [0.05, 0.1) is 11.8 Å². The van der Waals surface area contributed by atoms with E-state index in [0.717, 1.165) is 12.1 Å². The Hall–Kier alpha value is -2.81. The van der Waals surface area contributed by atoms with Crippen LogP contribution in [0.4, 0.5) is 18.9 Å². The van der Waals surface area contributed by atoms with E-state index in [1.54, 1.807) is 5.38 Å². The Balaban J connectivity index is 1.73. The van der Waals surface area contributed by atoms with E-state index in [-0.39, 0.29) is 11.4 Å². The van der Waals surface area contributed by atoms with E-state index < -0.39 is 17.6 Å². The normalized spacial score (nSPS) is 11.3. The fraction of sp³-hybridized carbons (Fsp3) is 0.0667. The SMILES string of the molecule is O=C(Nc1ccc(C(F)(F)F)cc1)c1csc(-c2cnccn2)n1. The summed E-state index contributed by atoms with van der Waals surface area (Å²) in [4.78, 5) is 24.3. The molecule has 122 valence electrons. The van der Waals surface area contributed by atoms with E-state index in [1.165, 1.54) is 42.1 Å². The van der Waals surface area contributed by atoms with Crippen molar-refractivity contribution in [2.24, 2.45) is 0 Å². The van der Waals surface area contributed by atoms with Gasteiger partial charge < -0.3 is 5.32 Å². The number of benzene rings is 1. The summed E-state index contributed by atoms with van der Waals surface area (Å²) in [5.74, 6) is -0.513. The van der Waals surface area contributed by atoms with Gasteiger partial charge in [-0.15, -0.1) is 11.3 Å². The van der Waals surface area contributed by atoms with E-state index >= 15 is 0 Å². The smallest absolute Gasteiger partial charge is 0.321 e. The van der Waals surface area contributed by atoms with Crippen LogP contribution in [0.3, 0.4) is 0 Å². The molecule has 0 saturated carbocycles. The highest BCUT2D eigenvalue weighted by Crippen LogP contribution is 2.30. The van der Waals surface area contributed by atoms with Gasteiger partial charge in [-0.25, -0.2) is 4.98 Å². The van der Waals surface area contributed by atoms with Crippen LogP contribution in [0.2, 0.25) is 0 Å². The van der Waals surface area contributed by atoms with Crippen LogP contribution in [-0.2, 0) is 6.18 Å². The molecule has 0 unspecified atom stereocenters. The van der Waals surface area contributed by atoms with Crippen molar-refractivity contribution < 1.29 is 18.0 Å². The van der Waals surface area contributed by atoms with E-state index in [2.05, 4.69) is 20.3 Å². The van der Waals surface area contributed by atoms with Gasteiger partial charge in [0.25, 0.3) is 5.91 Å².